The third-order valence-electron chi connectivity index (χ3n) is 4.19. The number of benzene rings is 1. The van der Waals surface area contributed by atoms with Gasteiger partial charge in [0.2, 0.25) is 0 Å². The molecule has 0 atom stereocenters. The highest BCUT2D eigenvalue weighted by Crippen LogP contribution is 2.26. The number of nitriles is 1. The van der Waals surface area contributed by atoms with Gasteiger partial charge in [-0.3, -0.25) is 0 Å². The van der Waals surface area contributed by atoms with Crippen LogP contribution in [-0.2, 0) is 6.54 Å². The zero-order chi connectivity index (χ0) is 13.7. The summed E-state index contributed by atoms with van der Waals surface area (Å²) in [6, 6.07) is 6.99. The fourth-order valence-corrected chi connectivity index (χ4v) is 2.85. The average molecular weight is 260 g/mol. The molecule has 2 rings (SSSR count). The van der Waals surface area contributed by atoms with Gasteiger partial charge in [-0.15, -0.1) is 0 Å². The molecule has 0 aliphatic heterocycles. The molecule has 1 aromatic carbocycles. The van der Waals surface area contributed by atoms with Crippen molar-refractivity contribution in [2.45, 2.75) is 51.6 Å². The van der Waals surface area contributed by atoms with Crippen molar-refractivity contribution in [2.75, 3.05) is 0 Å². The summed E-state index contributed by atoms with van der Waals surface area (Å²) in [6.45, 7) is 2.84. The van der Waals surface area contributed by atoms with Gasteiger partial charge in [0.15, 0.2) is 0 Å². The third kappa shape index (κ3) is 3.78. The fourth-order valence-electron chi connectivity index (χ4n) is 2.85. The molecular formula is C16H21FN2. The molecule has 0 bridgehead atoms. The van der Waals surface area contributed by atoms with Crippen LogP contribution in [0.2, 0.25) is 0 Å². The summed E-state index contributed by atoms with van der Waals surface area (Å²) in [6.07, 6.45) is 6.21. The minimum absolute atomic E-state index is 0.273. The van der Waals surface area contributed by atoms with Crippen molar-refractivity contribution in [3.05, 3.63) is 35.1 Å². The van der Waals surface area contributed by atoms with Crippen LogP contribution in [0.25, 0.3) is 0 Å². The lowest BCUT2D eigenvalue weighted by Crippen LogP contribution is -2.32. The molecule has 0 amide bonds. The molecule has 1 fully saturated rings. The molecule has 1 saturated carbocycles. The van der Waals surface area contributed by atoms with Crippen LogP contribution in [0.4, 0.5) is 4.39 Å². The highest BCUT2D eigenvalue weighted by molar-refractivity contribution is 5.37. The van der Waals surface area contributed by atoms with Gasteiger partial charge in [-0.2, -0.15) is 5.26 Å². The average Bonchev–Trinajstić information content (AvgIpc) is 2.46. The van der Waals surface area contributed by atoms with Crippen LogP contribution in [-0.4, -0.2) is 6.04 Å². The van der Waals surface area contributed by atoms with Crippen LogP contribution in [0.1, 0.15) is 50.2 Å². The number of rotatable bonds is 4. The van der Waals surface area contributed by atoms with Gasteiger partial charge >= 0.3 is 0 Å². The molecule has 0 radical (unpaired) electrons. The van der Waals surface area contributed by atoms with Crippen molar-refractivity contribution in [3.63, 3.8) is 0 Å². The highest BCUT2D eigenvalue weighted by atomic mass is 19.1. The smallest absolute Gasteiger partial charge is 0.123 e. The van der Waals surface area contributed by atoms with E-state index in [4.69, 9.17) is 5.26 Å². The van der Waals surface area contributed by atoms with E-state index in [1.165, 1.54) is 44.2 Å². The second kappa shape index (κ2) is 6.68. The Labute approximate surface area is 114 Å². The Bertz CT molecular complexity index is 456. The van der Waals surface area contributed by atoms with E-state index in [0.717, 1.165) is 11.5 Å². The van der Waals surface area contributed by atoms with Gasteiger partial charge in [0.05, 0.1) is 11.6 Å². The Kier molecular flexibility index (Phi) is 4.93. The third-order valence-corrected chi connectivity index (χ3v) is 4.19. The maximum absolute atomic E-state index is 13.2. The molecule has 0 saturated heterocycles. The van der Waals surface area contributed by atoms with Gasteiger partial charge in [0.25, 0.3) is 0 Å². The molecule has 0 spiro atoms. The largest absolute Gasteiger partial charge is 0.310 e. The van der Waals surface area contributed by atoms with Crippen LogP contribution in [0.15, 0.2) is 18.2 Å². The quantitative estimate of drug-likeness (QED) is 0.894. The Morgan fingerprint density at radius 3 is 2.68 bits per heavy atom. The zero-order valence-corrected chi connectivity index (χ0v) is 11.5. The Morgan fingerprint density at radius 2 is 2.05 bits per heavy atom. The number of nitrogens with one attached hydrogen (secondary N) is 1. The summed E-state index contributed by atoms with van der Waals surface area (Å²) in [7, 11) is 0. The van der Waals surface area contributed by atoms with Crippen LogP contribution in [0.5, 0.6) is 0 Å². The molecule has 0 unspecified atom stereocenters. The molecule has 0 aromatic heterocycles. The fraction of sp³-hybridized carbons (Fsp3) is 0.562. The standard InChI is InChI=1S/C16H21FN2/c1-2-12-3-7-16(8-4-12)19-11-14-9-15(17)6-5-13(14)10-18/h5-6,9,12,16,19H,2-4,7-8,11H2,1H3. The molecule has 0 heterocycles. The Hall–Kier alpha value is -1.40. The molecule has 3 heteroatoms. The number of nitrogens with zero attached hydrogens (tertiary/aromatic N) is 1. The van der Waals surface area contributed by atoms with E-state index in [1.54, 1.807) is 6.07 Å². The SMILES string of the molecule is CCC1CCC(NCc2cc(F)ccc2C#N)CC1. The summed E-state index contributed by atoms with van der Waals surface area (Å²) >= 11 is 0. The molecule has 1 aliphatic rings. The van der Waals surface area contributed by atoms with E-state index in [9.17, 15) is 4.39 Å². The maximum Gasteiger partial charge on any atom is 0.123 e. The van der Waals surface area contributed by atoms with Gasteiger partial charge in [0.1, 0.15) is 5.82 Å². The molecule has 2 nitrogen and oxygen atoms in total. The summed E-state index contributed by atoms with van der Waals surface area (Å²) in [5.74, 6) is 0.604. The van der Waals surface area contributed by atoms with E-state index in [2.05, 4.69) is 18.3 Å². The van der Waals surface area contributed by atoms with E-state index < -0.39 is 0 Å². The topological polar surface area (TPSA) is 35.8 Å². The number of hydrogen-bond donors (Lipinski definition) is 1. The van der Waals surface area contributed by atoms with Crippen molar-refractivity contribution in [1.29, 1.82) is 5.26 Å². The summed E-state index contributed by atoms with van der Waals surface area (Å²) < 4.78 is 13.2. The van der Waals surface area contributed by atoms with Gasteiger partial charge in [-0.05, 0) is 55.4 Å². The van der Waals surface area contributed by atoms with E-state index >= 15 is 0 Å². The predicted molar refractivity (Wildman–Crippen MR) is 74.0 cm³/mol. The number of hydrogen-bond acceptors (Lipinski definition) is 2. The minimum Gasteiger partial charge on any atom is -0.310 e. The first kappa shape index (κ1) is 14.0. The zero-order valence-electron chi connectivity index (χ0n) is 11.5. The van der Waals surface area contributed by atoms with Crippen molar-refractivity contribution in [1.82, 2.24) is 5.32 Å². The van der Waals surface area contributed by atoms with Crippen molar-refractivity contribution >= 4 is 0 Å². The molecule has 102 valence electrons. The van der Waals surface area contributed by atoms with Gasteiger partial charge < -0.3 is 5.32 Å². The first-order valence-corrected chi connectivity index (χ1v) is 7.14. The van der Waals surface area contributed by atoms with Crippen LogP contribution in [0.3, 0.4) is 0 Å². The van der Waals surface area contributed by atoms with Gasteiger partial charge in [-0.25, -0.2) is 4.39 Å². The summed E-state index contributed by atoms with van der Waals surface area (Å²) in [5, 5.41) is 12.5. The van der Waals surface area contributed by atoms with Crippen molar-refractivity contribution in [2.24, 2.45) is 5.92 Å². The van der Waals surface area contributed by atoms with Crippen LogP contribution in [0, 0.1) is 23.1 Å². The lowest BCUT2D eigenvalue weighted by Gasteiger charge is -2.28. The first-order chi connectivity index (χ1) is 9.22. The van der Waals surface area contributed by atoms with Gasteiger partial charge in [-0.1, -0.05) is 13.3 Å². The Balaban J connectivity index is 1.89. The normalized spacial score (nSPS) is 23.0. The van der Waals surface area contributed by atoms with E-state index in [-0.39, 0.29) is 5.82 Å². The Morgan fingerprint density at radius 1 is 1.32 bits per heavy atom. The molecular weight excluding hydrogens is 239 g/mol. The minimum atomic E-state index is -0.273. The van der Waals surface area contributed by atoms with Crippen molar-refractivity contribution in [3.8, 4) is 6.07 Å². The summed E-state index contributed by atoms with van der Waals surface area (Å²) in [4.78, 5) is 0. The molecule has 19 heavy (non-hydrogen) atoms. The van der Waals surface area contributed by atoms with Crippen LogP contribution >= 0.6 is 0 Å². The lowest BCUT2D eigenvalue weighted by molar-refractivity contribution is 0.285. The first-order valence-electron chi connectivity index (χ1n) is 7.14. The lowest BCUT2D eigenvalue weighted by atomic mass is 9.84. The van der Waals surface area contributed by atoms with Gasteiger partial charge in [0, 0.05) is 12.6 Å². The van der Waals surface area contributed by atoms with Crippen LogP contribution < -0.4 is 5.32 Å². The summed E-state index contributed by atoms with van der Waals surface area (Å²) in [5.41, 5.74) is 1.33. The highest BCUT2D eigenvalue weighted by Gasteiger charge is 2.19. The second-order valence-corrected chi connectivity index (χ2v) is 5.42. The molecule has 1 aromatic rings. The predicted octanol–water partition coefficient (Wildman–Crippen LogP) is 3.76. The molecule has 1 N–H and O–H groups in total. The second-order valence-electron chi connectivity index (χ2n) is 5.42. The number of halogens is 1. The molecule has 1 aliphatic carbocycles. The maximum atomic E-state index is 13.2. The monoisotopic (exact) mass is 260 g/mol. The van der Waals surface area contributed by atoms with E-state index in [1.807, 2.05) is 0 Å². The van der Waals surface area contributed by atoms with E-state index in [0.29, 0.717) is 18.2 Å². The van der Waals surface area contributed by atoms with Crippen molar-refractivity contribution < 1.29 is 4.39 Å².